The van der Waals surface area contributed by atoms with Crippen LogP contribution in [0.4, 0.5) is 17.1 Å². The zero-order chi connectivity index (χ0) is 50.3. The maximum absolute atomic E-state index is 4.29. The second kappa shape index (κ2) is 16.5. The second-order valence-corrected chi connectivity index (χ2v) is 22.7. The molecule has 11 aromatic carbocycles. The lowest BCUT2D eigenvalue weighted by molar-refractivity contribution is 0.353. The lowest BCUT2D eigenvalue weighted by Gasteiger charge is -2.40. The zero-order valence-corrected chi connectivity index (χ0v) is 43.4. The van der Waals surface area contributed by atoms with E-state index in [1.165, 1.54) is 161 Å². The zero-order valence-electron chi connectivity index (χ0n) is 42.5. The average Bonchev–Trinajstić information content (AvgIpc) is 4.37. The molecule has 1 fully saturated rings. The maximum atomic E-state index is 4.29. The summed E-state index contributed by atoms with van der Waals surface area (Å²) in [6.07, 6.45) is 12.4. The van der Waals surface area contributed by atoms with Crippen LogP contribution in [0.3, 0.4) is 0 Å². The van der Waals surface area contributed by atoms with Gasteiger partial charge in [0.15, 0.2) is 0 Å². The smallest absolute Gasteiger partial charge is 0.0726 e. The van der Waals surface area contributed by atoms with Crippen LogP contribution < -0.4 is 4.90 Å². The van der Waals surface area contributed by atoms with Crippen molar-refractivity contribution < 1.29 is 0 Å². The number of benzene rings is 11. The summed E-state index contributed by atoms with van der Waals surface area (Å²) < 4.78 is 1.27. The van der Waals surface area contributed by atoms with Gasteiger partial charge in [-0.05, 0) is 172 Å². The fourth-order valence-electron chi connectivity index (χ4n) is 15.2. The van der Waals surface area contributed by atoms with E-state index in [9.17, 15) is 0 Å². The van der Waals surface area contributed by atoms with Crippen LogP contribution in [0.2, 0.25) is 0 Å². The van der Waals surface area contributed by atoms with Crippen LogP contribution >= 0.6 is 11.3 Å². The molecule has 76 heavy (non-hydrogen) atoms. The lowest BCUT2D eigenvalue weighted by atomic mass is 9.67. The first-order valence-electron chi connectivity index (χ1n) is 27.3. The van der Waals surface area contributed by atoms with Gasteiger partial charge >= 0.3 is 0 Å². The highest BCUT2D eigenvalue weighted by Gasteiger charge is 2.52. The summed E-state index contributed by atoms with van der Waals surface area (Å²) in [5.41, 5.74) is 22.9. The normalized spacial score (nSPS) is 15.1. The molecule has 0 unspecified atom stereocenters. The van der Waals surface area contributed by atoms with Crippen molar-refractivity contribution in [3.05, 3.63) is 269 Å². The molecular formula is C74H53NS. The van der Waals surface area contributed by atoms with Crippen molar-refractivity contribution in [3.63, 3.8) is 0 Å². The van der Waals surface area contributed by atoms with Gasteiger partial charge in [-0.1, -0.05) is 214 Å². The summed E-state index contributed by atoms with van der Waals surface area (Å²) >= 11 is 1.83. The number of hydrogen-bond acceptors (Lipinski definition) is 2. The van der Waals surface area contributed by atoms with Gasteiger partial charge in [0.1, 0.15) is 0 Å². The van der Waals surface area contributed by atoms with Crippen molar-refractivity contribution in [2.24, 2.45) is 0 Å². The molecule has 0 atom stereocenters. The molecule has 0 saturated heterocycles. The highest BCUT2D eigenvalue weighted by molar-refractivity contribution is 7.20. The quantitative estimate of drug-likeness (QED) is 0.150. The minimum absolute atomic E-state index is 0.117. The van der Waals surface area contributed by atoms with E-state index in [1.807, 2.05) is 17.4 Å². The summed E-state index contributed by atoms with van der Waals surface area (Å²) in [6.45, 7) is 6.41. The molecule has 12 aromatic rings. The van der Waals surface area contributed by atoms with Gasteiger partial charge in [0.2, 0.25) is 0 Å². The number of rotatable bonds is 6. The first kappa shape index (κ1) is 43.8. The van der Waals surface area contributed by atoms with Crippen LogP contribution in [-0.2, 0) is 10.8 Å². The van der Waals surface area contributed by atoms with Gasteiger partial charge in [-0.25, -0.2) is 0 Å². The van der Waals surface area contributed by atoms with Gasteiger partial charge in [-0.3, -0.25) is 0 Å². The van der Waals surface area contributed by atoms with E-state index in [-0.39, 0.29) is 5.41 Å². The highest BCUT2D eigenvalue weighted by atomic mass is 32.1. The molecule has 1 saturated carbocycles. The Morgan fingerprint density at radius 3 is 1.62 bits per heavy atom. The summed E-state index contributed by atoms with van der Waals surface area (Å²) in [5.74, 6) is 0. The molecule has 1 aromatic heterocycles. The van der Waals surface area contributed by atoms with Crippen LogP contribution in [0.5, 0.6) is 0 Å². The number of fused-ring (bicyclic) bond motifs is 22. The van der Waals surface area contributed by atoms with Gasteiger partial charge in [0, 0.05) is 31.6 Å². The van der Waals surface area contributed by atoms with Crippen LogP contribution in [0.1, 0.15) is 82.8 Å². The first-order valence-corrected chi connectivity index (χ1v) is 28.1. The molecule has 0 bridgehead atoms. The molecule has 0 radical (unpaired) electrons. The lowest BCUT2D eigenvalue weighted by Crippen LogP contribution is -2.30. The van der Waals surface area contributed by atoms with Gasteiger partial charge in [-0.2, -0.15) is 0 Å². The van der Waals surface area contributed by atoms with E-state index in [1.54, 1.807) is 0 Å². The van der Waals surface area contributed by atoms with Gasteiger partial charge in [0.05, 0.1) is 16.8 Å². The first-order chi connectivity index (χ1) is 37.6. The second-order valence-electron chi connectivity index (χ2n) is 21.6. The molecular weight excluding hydrogens is 935 g/mol. The number of allylic oxidation sites excluding steroid dienone is 1. The van der Waals surface area contributed by atoms with Crippen LogP contribution in [-0.4, -0.2) is 0 Å². The molecule has 0 aliphatic heterocycles. The predicted molar refractivity (Wildman–Crippen MR) is 325 cm³/mol. The number of thiophene rings is 1. The third-order valence-corrected chi connectivity index (χ3v) is 19.3. The fraction of sp³-hybridized carbons (Fsp3) is 0.108. The van der Waals surface area contributed by atoms with Crippen LogP contribution in [0.25, 0.3) is 99.1 Å². The van der Waals surface area contributed by atoms with Crippen molar-refractivity contribution in [1.82, 2.24) is 0 Å². The molecule has 360 valence electrons. The SMILES string of the molecule is C=Cc1sc2ccc(-c3cc4c(cc3N(c3ccc5c6ccccc6c6ccccc6c5c3)c3cccc5c3C3(CCCCC3)c3ccccc3-5)C3(c5ccccc5-c5ccccc53)c3ccccc3-4)cc2c1/C=C\C. The summed E-state index contributed by atoms with van der Waals surface area (Å²) in [4.78, 5) is 3.92. The minimum atomic E-state index is -0.536. The van der Waals surface area contributed by atoms with Crippen molar-refractivity contribution in [2.45, 2.75) is 49.9 Å². The Hall–Kier alpha value is -8.56. The third-order valence-electron chi connectivity index (χ3n) is 18.1. The molecule has 2 heteroatoms. The standard InChI is InChI=1S/C74H53NS/c1-3-21-57-62-42-46(36-39-71(62)76-70(57)4-2)59-44-61-56-29-13-17-34-66(56)74(64-32-15-11-26-53(64)54-27-12-16-33-65(54)74)67(61)45-69(59)75(47-37-38-52-50-24-7-6-22-48(50)49-23-8-9-25-51(49)60(52)43-47)68-35-20-30-58-55-28-10-14-31-63(55)73(72(58)68)40-18-5-19-41-73/h3-4,6-17,20-39,42-45H,2,5,18-19,40-41H2,1H3/b21-3-. The molecule has 1 nitrogen and oxygen atoms in total. The van der Waals surface area contributed by atoms with E-state index in [0.29, 0.717) is 0 Å². The van der Waals surface area contributed by atoms with E-state index < -0.39 is 5.41 Å². The Kier molecular flexibility index (Phi) is 9.49. The van der Waals surface area contributed by atoms with Crippen molar-refractivity contribution in [2.75, 3.05) is 4.90 Å². The van der Waals surface area contributed by atoms with Crippen molar-refractivity contribution in [1.29, 1.82) is 0 Å². The van der Waals surface area contributed by atoms with Crippen LogP contribution in [0.15, 0.2) is 225 Å². The predicted octanol–water partition coefficient (Wildman–Crippen LogP) is 20.7. The Labute approximate surface area is 448 Å². The number of anilines is 3. The molecule has 2 spiro atoms. The summed E-state index contributed by atoms with van der Waals surface area (Å²) in [5, 5.41) is 8.91. The van der Waals surface area contributed by atoms with Crippen molar-refractivity contribution >= 4 is 83.0 Å². The van der Waals surface area contributed by atoms with E-state index in [2.05, 4.69) is 243 Å². The molecule has 4 aliphatic carbocycles. The van der Waals surface area contributed by atoms with Gasteiger partial charge < -0.3 is 4.90 Å². The minimum Gasteiger partial charge on any atom is -0.310 e. The Morgan fingerprint density at radius 1 is 0.434 bits per heavy atom. The Balaban J connectivity index is 1.08. The third kappa shape index (κ3) is 5.80. The molecule has 0 N–H and O–H groups in total. The Morgan fingerprint density at radius 2 is 0.987 bits per heavy atom. The molecule has 0 amide bonds. The average molecular weight is 988 g/mol. The van der Waals surface area contributed by atoms with Gasteiger partial charge in [-0.15, -0.1) is 11.3 Å². The Bertz CT molecular complexity index is 4420. The highest BCUT2D eigenvalue weighted by Crippen LogP contribution is 2.66. The van der Waals surface area contributed by atoms with E-state index in [4.69, 9.17) is 0 Å². The molecule has 4 aliphatic rings. The largest absolute Gasteiger partial charge is 0.310 e. The molecule has 1 heterocycles. The maximum Gasteiger partial charge on any atom is 0.0726 e. The monoisotopic (exact) mass is 987 g/mol. The summed E-state index contributed by atoms with van der Waals surface area (Å²) in [6, 6.07) is 82.2. The topological polar surface area (TPSA) is 3.24 Å². The van der Waals surface area contributed by atoms with Crippen LogP contribution in [0, 0.1) is 0 Å². The van der Waals surface area contributed by atoms with Crippen molar-refractivity contribution in [3.8, 4) is 44.5 Å². The van der Waals surface area contributed by atoms with E-state index >= 15 is 0 Å². The number of hydrogen-bond donors (Lipinski definition) is 0. The van der Waals surface area contributed by atoms with E-state index in [0.717, 1.165) is 18.5 Å². The summed E-state index contributed by atoms with van der Waals surface area (Å²) in [7, 11) is 0. The molecule has 16 rings (SSSR count). The number of nitrogens with zero attached hydrogens (tertiary/aromatic N) is 1. The fourth-order valence-corrected chi connectivity index (χ4v) is 16.2. The van der Waals surface area contributed by atoms with Gasteiger partial charge in [0.25, 0.3) is 0 Å².